The van der Waals surface area contributed by atoms with Gasteiger partial charge in [0, 0.05) is 11.2 Å². The molecule has 0 atom stereocenters. The first-order chi connectivity index (χ1) is 10.9. The zero-order valence-electron chi connectivity index (χ0n) is 12.3. The number of nitrogens with zero attached hydrogens (tertiary/aromatic N) is 3. The molecule has 1 N–H and O–H groups in total. The topological polar surface area (TPSA) is 85.6 Å². The molecule has 0 aliphatic rings. The summed E-state index contributed by atoms with van der Waals surface area (Å²) in [6, 6.07) is 7.67. The Bertz CT molecular complexity index is 985. The molecule has 23 heavy (non-hydrogen) atoms. The van der Waals surface area contributed by atoms with Crippen LogP contribution in [0.5, 0.6) is 5.75 Å². The highest BCUT2D eigenvalue weighted by Gasteiger charge is 2.21. The minimum atomic E-state index is -3.90. The number of benzene rings is 1. The second kappa shape index (κ2) is 5.71. The van der Waals surface area contributed by atoms with Crippen molar-refractivity contribution in [2.45, 2.75) is 11.8 Å². The summed E-state index contributed by atoms with van der Waals surface area (Å²) in [4.78, 5) is 4.17. The van der Waals surface area contributed by atoms with Gasteiger partial charge in [0.25, 0.3) is 10.0 Å². The number of sulfonamides is 1. The summed E-state index contributed by atoms with van der Waals surface area (Å²) in [5.74, 6) is 0.739. The first-order valence-corrected chi connectivity index (χ1v) is 8.45. The number of nitrogens with one attached hydrogen (secondary N) is 1. The molecule has 0 saturated heterocycles. The van der Waals surface area contributed by atoms with E-state index in [0.717, 1.165) is 0 Å². The van der Waals surface area contributed by atoms with Gasteiger partial charge in [-0.3, -0.25) is 4.72 Å². The lowest BCUT2D eigenvalue weighted by Gasteiger charge is -2.12. The van der Waals surface area contributed by atoms with Gasteiger partial charge in [-0.25, -0.2) is 17.9 Å². The fraction of sp³-hybridized carbons (Fsp3) is 0.143. The highest BCUT2D eigenvalue weighted by molar-refractivity contribution is 7.92. The van der Waals surface area contributed by atoms with Crippen molar-refractivity contribution in [1.29, 1.82) is 0 Å². The number of aryl methyl sites for hydroxylation is 1. The number of fused-ring (bicyclic) bond motifs is 1. The first kappa shape index (κ1) is 15.6. The normalized spacial score (nSPS) is 11.6. The van der Waals surface area contributed by atoms with E-state index in [4.69, 9.17) is 16.3 Å². The van der Waals surface area contributed by atoms with Crippen molar-refractivity contribution in [3.8, 4) is 5.75 Å². The number of rotatable bonds is 4. The van der Waals surface area contributed by atoms with Crippen molar-refractivity contribution < 1.29 is 13.2 Å². The van der Waals surface area contributed by atoms with Crippen LogP contribution in [-0.2, 0) is 10.0 Å². The van der Waals surface area contributed by atoms with Crippen molar-refractivity contribution in [1.82, 2.24) is 14.6 Å². The Labute approximate surface area is 137 Å². The maximum atomic E-state index is 12.7. The van der Waals surface area contributed by atoms with E-state index in [1.165, 1.54) is 23.8 Å². The lowest BCUT2D eigenvalue weighted by molar-refractivity contribution is 0.403. The lowest BCUT2D eigenvalue weighted by atomic mass is 10.3. The van der Waals surface area contributed by atoms with Crippen LogP contribution in [0, 0.1) is 6.92 Å². The number of methoxy groups -OCH3 is 1. The zero-order chi connectivity index (χ0) is 16.6. The molecule has 0 fully saturated rings. The van der Waals surface area contributed by atoms with E-state index in [-0.39, 0.29) is 10.6 Å². The van der Waals surface area contributed by atoms with Crippen molar-refractivity contribution in [2.24, 2.45) is 0 Å². The molecule has 0 aliphatic carbocycles. The van der Waals surface area contributed by atoms with E-state index in [2.05, 4.69) is 14.8 Å². The van der Waals surface area contributed by atoms with E-state index in [9.17, 15) is 8.42 Å². The highest BCUT2D eigenvalue weighted by Crippen LogP contribution is 2.29. The Morgan fingerprint density at radius 2 is 2.09 bits per heavy atom. The number of hydrogen-bond donors (Lipinski definition) is 1. The fourth-order valence-corrected chi connectivity index (χ4v) is 3.65. The summed E-state index contributed by atoms with van der Waals surface area (Å²) in [6.07, 6.45) is 1.69. The predicted octanol–water partition coefficient (Wildman–Crippen LogP) is 2.50. The lowest BCUT2D eigenvalue weighted by Crippen LogP contribution is -2.15. The van der Waals surface area contributed by atoms with Crippen LogP contribution in [0.1, 0.15) is 5.82 Å². The van der Waals surface area contributed by atoms with Crippen molar-refractivity contribution in [3.05, 3.63) is 47.4 Å². The second-order valence-corrected chi connectivity index (χ2v) is 6.84. The first-order valence-electron chi connectivity index (χ1n) is 6.59. The number of ether oxygens (including phenoxy) is 1. The monoisotopic (exact) mass is 352 g/mol. The summed E-state index contributed by atoms with van der Waals surface area (Å²) in [7, 11) is -2.51. The number of halogens is 1. The Hall–Kier alpha value is -2.32. The van der Waals surface area contributed by atoms with Gasteiger partial charge in [-0.1, -0.05) is 11.6 Å². The SMILES string of the molecule is COc1ccc(Cl)cc1S(=O)(=O)Nc1cccn2nc(C)nc12. The predicted molar refractivity (Wildman–Crippen MR) is 86.5 cm³/mol. The van der Waals surface area contributed by atoms with E-state index in [1.54, 1.807) is 31.3 Å². The Kier molecular flexibility index (Phi) is 3.87. The van der Waals surface area contributed by atoms with E-state index in [0.29, 0.717) is 22.2 Å². The molecule has 0 saturated carbocycles. The van der Waals surface area contributed by atoms with Crippen molar-refractivity contribution in [3.63, 3.8) is 0 Å². The molecule has 2 aromatic heterocycles. The molecular formula is C14H13ClN4O3S. The van der Waals surface area contributed by atoms with Crippen LogP contribution >= 0.6 is 11.6 Å². The van der Waals surface area contributed by atoms with Crippen molar-refractivity contribution in [2.75, 3.05) is 11.8 Å². The average Bonchev–Trinajstić information content (AvgIpc) is 2.88. The van der Waals surface area contributed by atoms with Crippen LogP contribution in [-0.4, -0.2) is 30.1 Å². The standard InChI is InChI=1S/C14H13ClN4O3S/c1-9-16-14-11(4-3-7-19(14)17-9)18-23(20,21)13-8-10(15)5-6-12(13)22-2/h3-8,18H,1-2H3. The van der Waals surface area contributed by atoms with Crippen LogP contribution in [0.25, 0.3) is 5.65 Å². The molecule has 7 nitrogen and oxygen atoms in total. The van der Waals surface area contributed by atoms with Gasteiger partial charge in [0.2, 0.25) is 0 Å². The fourth-order valence-electron chi connectivity index (χ4n) is 2.15. The molecular weight excluding hydrogens is 340 g/mol. The van der Waals surface area contributed by atoms with Gasteiger partial charge in [-0.2, -0.15) is 5.10 Å². The van der Waals surface area contributed by atoms with Gasteiger partial charge in [-0.15, -0.1) is 0 Å². The van der Waals surface area contributed by atoms with Crippen molar-refractivity contribution >= 4 is 33.0 Å². The molecule has 0 unspecified atom stereocenters. The zero-order valence-corrected chi connectivity index (χ0v) is 13.9. The van der Waals surface area contributed by atoms with Crippen LogP contribution in [0.3, 0.4) is 0 Å². The molecule has 120 valence electrons. The molecule has 0 amide bonds. The van der Waals surface area contributed by atoms with Gasteiger partial charge >= 0.3 is 0 Å². The largest absolute Gasteiger partial charge is 0.495 e. The Balaban J connectivity index is 2.09. The van der Waals surface area contributed by atoms with Crippen LogP contribution in [0.4, 0.5) is 5.69 Å². The van der Waals surface area contributed by atoms with Gasteiger partial charge in [-0.05, 0) is 37.3 Å². The number of hydrogen-bond acceptors (Lipinski definition) is 5. The van der Waals surface area contributed by atoms with Gasteiger partial charge in [0.05, 0.1) is 12.8 Å². The molecule has 9 heteroatoms. The molecule has 3 rings (SSSR count). The summed E-state index contributed by atoms with van der Waals surface area (Å²) in [5, 5.41) is 4.44. The van der Waals surface area contributed by atoms with Crippen LogP contribution < -0.4 is 9.46 Å². The molecule has 0 aliphatic heterocycles. The van der Waals surface area contributed by atoms with E-state index in [1.807, 2.05) is 0 Å². The van der Waals surface area contributed by atoms with E-state index >= 15 is 0 Å². The summed E-state index contributed by atoms with van der Waals surface area (Å²) in [5.41, 5.74) is 0.727. The van der Waals surface area contributed by atoms with Gasteiger partial charge in [0.15, 0.2) is 5.65 Å². The summed E-state index contributed by atoms with van der Waals surface area (Å²) < 4.78 is 34.5. The molecule has 0 radical (unpaired) electrons. The summed E-state index contributed by atoms with van der Waals surface area (Å²) >= 11 is 5.91. The number of pyridine rings is 1. The smallest absolute Gasteiger partial charge is 0.265 e. The van der Waals surface area contributed by atoms with Crippen LogP contribution in [0.15, 0.2) is 41.4 Å². The highest BCUT2D eigenvalue weighted by atomic mass is 35.5. The Morgan fingerprint density at radius 1 is 1.30 bits per heavy atom. The molecule has 2 heterocycles. The maximum Gasteiger partial charge on any atom is 0.265 e. The third-order valence-electron chi connectivity index (χ3n) is 3.13. The van der Waals surface area contributed by atoms with Crippen LogP contribution in [0.2, 0.25) is 5.02 Å². The third-order valence-corrected chi connectivity index (χ3v) is 4.75. The van der Waals surface area contributed by atoms with Gasteiger partial charge < -0.3 is 4.74 Å². The molecule has 0 bridgehead atoms. The maximum absolute atomic E-state index is 12.7. The molecule has 0 spiro atoms. The van der Waals surface area contributed by atoms with E-state index < -0.39 is 10.0 Å². The minimum Gasteiger partial charge on any atom is -0.495 e. The Morgan fingerprint density at radius 3 is 2.83 bits per heavy atom. The quantitative estimate of drug-likeness (QED) is 0.779. The second-order valence-electron chi connectivity index (χ2n) is 4.75. The van der Waals surface area contributed by atoms with Gasteiger partial charge in [0.1, 0.15) is 16.5 Å². The minimum absolute atomic E-state index is 0.0502. The third kappa shape index (κ3) is 2.95. The molecule has 1 aromatic carbocycles. The number of aromatic nitrogens is 3. The number of anilines is 1. The molecule has 3 aromatic rings. The summed E-state index contributed by atoms with van der Waals surface area (Å²) in [6.45, 7) is 1.73. The average molecular weight is 353 g/mol.